The van der Waals surface area contributed by atoms with Crippen LogP contribution in [0.5, 0.6) is 0 Å². The Kier molecular flexibility index (Phi) is 7.58. The van der Waals surface area contributed by atoms with Crippen molar-refractivity contribution in [1.29, 1.82) is 5.26 Å². The first-order valence-corrected chi connectivity index (χ1v) is 10.9. The first-order chi connectivity index (χ1) is 16.9. The van der Waals surface area contributed by atoms with Crippen LogP contribution in [0.15, 0.2) is 46.9 Å². The summed E-state index contributed by atoms with van der Waals surface area (Å²) >= 11 is 0. The maximum atomic E-state index is 14.1. The van der Waals surface area contributed by atoms with E-state index in [0.29, 0.717) is 11.4 Å². The van der Waals surface area contributed by atoms with Gasteiger partial charge < -0.3 is 25.1 Å². The highest BCUT2D eigenvalue weighted by atomic mass is 19.1. The van der Waals surface area contributed by atoms with Gasteiger partial charge in [0.25, 0.3) is 0 Å². The summed E-state index contributed by atoms with van der Waals surface area (Å²) in [4.78, 5) is 29.0. The second kappa shape index (κ2) is 10.4. The number of carbonyl (C=O) groups excluding carboxylic acids is 1. The summed E-state index contributed by atoms with van der Waals surface area (Å²) in [6, 6.07) is 10.9. The maximum absolute atomic E-state index is 14.1. The van der Waals surface area contributed by atoms with Crippen LogP contribution in [0.4, 0.5) is 30.8 Å². The highest BCUT2D eigenvalue weighted by Gasteiger charge is 2.33. The van der Waals surface area contributed by atoms with E-state index in [4.69, 9.17) is 4.42 Å². The summed E-state index contributed by atoms with van der Waals surface area (Å²) in [6.07, 6.45) is -1.16. The molecule has 1 unspecified atom stereocenters. The summed E-state index contributed by atoms with van der Waals surface area (Å²) in [6.45, 7) is 5.57. The van der Waals surface area contributed by atoms with E-state index in [0.717, 1.165) is 17.0 Å². The first kappa shape index (κ1) is 26.2. The van der Waals surface area contributed by atoms with E-state index < -0.39 is 34.7 Å². The second-order valence-electron chi connectivity index (χ2n) is 9.14. The van der Waals surface area contributed by atoms with E-state index in [9.17, 15) is 28.7 Å². The van der Waals surface area contributed by atoms with Gasteiger partial charge in [-0.25, -0.2) is 13.6 Å². The molecule has 11 heteroatoms. The van der Waals surface area contributed by atoms with Crippen LogP contribution in [0.3, 0.4) is 0 Å². The fourth-order valence-corrected chi connectivity index (χ4v) is 3.60. The van der Waals surface area contributed by atoms with Crippen molar-refractivity contribution in [2.24, 2.45) is 5.41 Å². The minimum atomic E-state index is -1.12. The molecule has 3 N–H and O–H groups in total. The number of oxazole rings is 1. The number of anilines is 3. The second-order valence-corrected chi connectivity index (χ2v) is 9.14. The molecule has 3 rings (SSSR count). The Morgan fingerprint density at radius 3 is 2.25 bits per heavy atom. The molecule has 0 fully saturated rings. The van der Waals surface area contributed by atoms with Crippen LogP contribution in [-0.2, 0) is 4.79 Å². The monoisotopic (exact) mass is 497 g/mol. The lowest BCUT2D eigenvalue weighted by atomic mass is 9.83. The Morgan fingerprint density at radius 1 is 1.14 bits per heavy atom. The predicted octanol–water partition coefficient (Wildman–Crippen LogP) is 5.59. The molecule has 2 amide bonds. The van der Waals surface area contributed by atoms with Gasteiger partial charge in [-0.05, 0) is 41.8 Å². The van der Waals surface area contributed by atoms with E-state index in [1.54, 1.807) is 24.3 Å². The standard InChI is InChI=1S/C25H25F2N5O4/c1-25(2,3)19(32(4)24(34)35)12-20(33)29-14-8-10-15(11-9-14)30-22-18(13-28)31-23(36-22)21-16(26)6-5-7-17(21)27/h5-11,19,30H,12H2,1-4H3,(H,29,33)(H,34,35). The lowest BCUT2D eigenvalue weighted by Crippen LogP contribution is -2.46. The normalized spacial score (nSPS) is 11.9. The Balaban J connectivity index is 1.72. The third kappa shape index (κ3) is 5.96. The SMILES string of the molecule is CN(C(=O)O)C(CC(=O)Nc1ccc(Nc2oc(-c3c(F)cccc3F)nc2C#N)cc1)C(C)(C)C. The van der Waals surface area contributed by atoms with Crippen molar-refractivity contribution >= 4 is 29.3 Å². The van der Waals surface area contributed by atoms with Gasteiger partial charge in [0.15, 0.2) is 0 Å². The van der Waals surface area contributed by atoms with E-state index >= 15 is 0 Å². The van der Waals surface area contributed by atoms with E-state index in [-0.39, 0.29) is 29.8 Å². The van der Waals surface area contributed by atoms with Crippen molar-refractivity contribution < 1.29 is 27.9 Å². The van der Waals surface area contributed by atoms with E-state index in [1.165, 1.54) is 13.1 Å². The number of amides is 2. The minimum Gasteiger partial charge on any atom is -0.465 e. The molecule has 9 nitrogen and oxygen atoms in total. The lowest BCUT2D eigenvalue weighted by Gasteiger charge is -2.36. The molecule has 0 saturated heterocycles. The molecule has 3 aromatic rings. The maximum Gasteiger partial charge on any atom is 0.407 e. The summed E-state index contributed by atoms with van der Waals surface area (Å²) in [5, 5.41) is 24.2. The zero-order chi connectivity index (χ0) is 26.6. The highest BCUT2D eigenvalue weighted by molar-refractivity contribution is 5.91. The molecule has 0 aliphatic heterocycles. The molecule has 2 aromatic carbocycles. The summed E-state index contributed by atoms with van der Waals surface area (Å²) in [5.41, 5.74) is -0.219. The fraction of sp³-hybridized carbons (Fsp3) is 0.280. The van der Waals surface area contributed by atoms with Crippen LogP contribution >= 0.6 is 0 Å². The lowest BCUT2D eigenvalue weighted by molar-refractivity contribution is -0.118. The molecule has 1 heterocycles. The van der Waals surface area contributed by atoms with Gasteiger partial charge in [-0.1, -0.05) is 26.8 Å². The van der Waals surface area contributed by atoms with Crippen LogP contribution in [0.25, 0.3) is 11.5 Å². The topological polar surface area (TPSA) is 131 Å². The molecule has 0 bridgehead atoms. The van der Waals surface area contributed by atoms with Gasteiger partial charge >= 0.3 is 6.09 Å². The number of nitrogens with zero attached hydrogens (tertiary/aromatic N) is 3. The average molecular weight is 498 g/mol. The number of nitriles is 1. The summed E-state index contributed by atoms with van der Waals surface area (Å²) < 4.78 is 33.6. The van der Waals surface area contributed by atoms with E-state index in [2.05, 4.69) is 15.6 Å². The first-order valence-electron chi connectivity index (χ1n) is 10.9. The molecule has 0 spiro atoms. The quantitative estimate of drug-likeness (QED) is 0.388. The third-order valence-electron chi connectivity index (χ3n) is 5.48. The minimum absolute atomic E-state index is 0.0364. The molecule has 188 valence electrons. The van der Waals surface area contributed by atoms with Crippen LogP contribution in [0.1, 0.15) is 32.9 Å². The van der Waals surface area contributed by atoms with Gasteiger partial charge in [0.1, 0.15) is 23.3 Å². The largest absolute Gasteiger partial charge is 0.465 e. The number of hydrogen-bond acceptors (Lipinski definition) is 6. The summed E-state index contributed by atoms with van der Waals surface area (Å²) in [7, 11) is 1.43. The van der Waals surface area contributed by atoms with E-state index in [1.807, 2.05) is 26.8 Å². The number of aromatic nitrogens is 1. The molecule has 36 heavy (non-hydrogen) atoms. The number of halogens is 2. The van der Waals surface area contributed by atoms with Crippen molar-refractivity contribution in [2.75, 3.05) is 17.7 Å². The molecular formula is C25H25F2N5O4. The summed E-state index contributed by atoms with van der Waals surface area (Å²) in [5.74, 6) is -2.60. The van der Waals surface area contributed by atoms with Crippen LogP contribution in [0, 0.1) is 28.4 Å². The smallest absolute Gasteiger partial charge is 0.407 e. The Labute approximate surface area is 206 Å². The molecule has 0 radical (unpaired) electrons. The number of benzene rings is 2. The number of nitrogens with one attached hydrogen (secondary N) is 2. The Bertz CT molecular complexity index is 1290. The highest BCUT2D eigenvalue weighted by Crippen LogP contribution is 2.31. The fourth-order valence-electron chi connectivity index (χ4n) is 3.60. The van der Waals surface area contributed by atoms with Gasteiger partial charge in [0.05, 0.1) is 0 Å². The zero-order valence-electron chi connectivity index (χ0n) is 20.1. The van der Waals surface area contributed by atoms with Gasteiger partial charge in [-0.3, -0.25) is 4.79 Å². The number of hydrogen-bond donors (Lipinski definition) is 3. The third-order valence-corrected chi connectivity index (χ3v) is 5.48. The van der Waals surface area contributed by atoms with Crippen molar-refractivity contribution in [1.82, 2.24) is 9.88 Å². The predicted molar refractivity (Wildman–Crippen MR) is 129 cm³/mol. The van der Waals surface area contributed by atoms with Crippen LogP contribution in [0.2, 0.25) is 0 Å². The number of rotatable bonds is 7. The molecule has 0 saturated carbocycles. The Morgan fingerprint density at radius 2 is 1.72 bits per heavy atom. The Hall–Kier alpha value is -4.46. The molecule has 1 aromatic heterocycles. The van der Waals surface area contributed by atoms with Crippen molar-refractivity contribution in [3.05, 3.63) is 59.8 Å². The molecule has 0 aliphatic carbocycles. The molecule has 0 aliphatic rings. The van der Waals surface area contributed by atoms with Crippen LogP contribution < -0.4 is 10.6 Å². The van der Waals surface area contributed by atoms with Gasteiger partial charge in [-0.2, -0.15) is 10.2 Å². The molecular weight excluding hydrogens is 472 g/mol. The number of carbonyl (C=O) groups is 2. The number of carboxylic acid groups (broad SMARTS) is 1. The molecule has 1 atom stereocenters. The van der Waals surface area contributed by atoms with Gasteiger partial charge in [-0.15, -0.1) is 0 Å². The van der Waals surface area contributed by atoms with Crippen molar-refractivity contribution in [2.45, 2.75) is 33.2 Å². The average Bonchev–Trinajstić information content (AvgIpc) is 3.19. The van der Waals surface area contributed by atoms with Crippen molar-refractivity contribution in [3.63, 3.8) is 0 Å². The van der Waals surface area contributed by atoms with Gasteiger partial charge in [0, 0.05) is 30.9 Å². The van der Waals surface area contributed by atoms with Crippen LogP contribution in [-0.4, -0.2) is 40.1 Å². The van der Waals surface area contributed by atoms with Gasteiger partial charge in [0.2, 0.25) is 23.4 Å². The zero-order valence-corrected chi connectivity index (χ0v) is 20.1. The van der Waals surface area contributed by atoms with Crippen molar-refractivity contribution in [3.8, 4) is 17.5 Å².